The van der Waals surface area contributed by atoms with Crippen LogP contribution >= 0.6 is 0 Å². The number of halogens is 3. The molecule has 5 rings (SSSR count). The van der Waals surface area contributed by atoms with Crippen LogP contribution < -0.4 is 15.5 Å². The number of hydrogen-bond donors (Lipinski definition) is 1. The van der Waals surface area contributed by atoms with Crippen molar-refractivity contribution in [3.05, 3.63) is 106 Å². The third-order valence-corrected chi connectivity index (χ3v) is 6.20. The van der Waals surface area contributed by atoms with Crippen LogP contribution in [0.1, 0.15) is 18.2 Å². The minimum absolute atomic E-state index is 0.0336. The lowest BCUT2D eigenvalue weighted by Gasteiger charge is -2.15. The van der Waals surface area contributed by atoms with Crippen LogP contribution in [0.4, 0.5) is 18.9 Å². The van der Waals surface area contributed by atoms with E-state index in [9.17, 15) is 22.8 Å². The van der Waals surface area contributed by atoms with Gasteiger partial charge in [0.2, 0.25) is 11.2 Å². The van der Waals surface area contributed by atoms with Crippen molar-refractivity contribution < 1.29 is 27.1 Å². The molecule has 0 aliphatic heterocycles. The Balaban J connectivity index is 1.48. The van der Waals surface area contributed by atoms with E-state index in [0.717, 1.165) is 12.0 Å². The van der Waals surface area contributed by atoms with Gasteiger partial charge in [0.1, 0.15) is 11.3 Å². The van der Waals surface area contributed by atoms with Crippen molar-refractivity contribution in [1.29, 1.82) is 0 Å². The van der Waals surface area contributed by atoms with Crippen LogP contribution in [0.15, 0.2) is 94.1 Å². The zero-order valence-corrected chi connectivity index (χ0v) is 20.3. The summed E-state index contributed by atoms with van der Waals surface area (Å²) in [6.07, 6.45) is -4.06. The molecular formula is C30H22F3NO4. The first-order chi connectivity index (χ1) is 18.2. The van der Waals surface area contributed by atoms with Crippen LogP contribution in [0.3, 0.4) is 0 Å². The topological polar surface area (TPSA) is 68.5 Å². The fraction of sp³-hybridized carbons (Fsp3) is 0.133. The van der Waals surface area contributed by atoms with Gasteiger partial charge in [0.15, 0.2) is 6.61 Å². The molecule has 0 aliphatic rings. The number of carbonyl (C=O) groups is 1. The van der Waals surface area contributed by atoms with Gasteiger partial charge < -0.3 is 14.5 Å². The zero-order valence-electron chi connectivity index (χ0n) is 20.3. The summed E-state index contributed by atoms with van der Waals surface area (Å²) in [6.45, 7) is 1.64. The predicted molar refractivity (Wildman–Crippen MR) is 140 cm³/mol. The fourth-order valence-electron chi connectivity index (χ4n) is 4.32. The molecule has 1 amide bonds. The molecule has 192 valence electrons. The quantitative estimate of drug-likeness (QED) is 0.258. The first-order valence-electron chi connectivity index (χ1n) is 11.9. The van der Waals surface area contributed by atoms with Crippen molar-refractivity contribution >= 4 is 33.3 Å². The Hall–Kier alpha value is -4.59. The number of nitrogens with one attached hydrogen (secondary N) is 1. The first-order valence-corrected chi connectivity index (χ1v) is 11.9. The fourth-order valence-corrected chi connectivity index (χ4v) is 4.32. The molecule has 8 heteroatoms. The number of amides is 1. The van der Waals surface area contributed by atoms with Gasteiger partial charge in [-0.25, -0.2) is 0 Å². The van der Waals surface area contributed by atoms with Gasteiger partial charge in [-0.1, -0.05) is 61.5 Å². The van der Waals surface area contributed by atoms with Crippen LogP contribution in [0.5, 0.6) is 5.75 Å². The van der Waals surface area contributed by atoms with Gasteiger partial charge in [-0.15, -0.1) is 0 Å². The Labute approximate surface area is 215 Å². The summed E-state index contributed by atoms with van der Waals surface area (Å²) in [4.78, 5) is 25.7. The monoisotopic (exact) mass is 517 g/mol. The van der Waals surface area contributed by atoms with E-state index in [0.29, 0.717) is 16.5 Å². The van der Waals surface area contributed by atoms with Gasteiger partial charge in [0, 0.05) is 11.8 Å². The van der Waals surface area contributed by atoms with Gasteiger partial charge >= 0.3 is 6.18 Å². The van der Waals surface area contributed by atoms with Crippen molar-refractivity contribution in [3.63, 3.8) is 0 Å². The van der Waals surface area contributed by atoms with Crippen molar-refractivity contribution in [2.75, 3.05) is 11.9 Å². The van der Waals surface area contributed by atoms with Gasteiger partial charge in [0.25, 0.3) is 5.91 Å². The van der Waals surface area contributed by atoms with Crippen molar-refractivity contribution in [2.24, 2.45) is 0 Å². The van der Waals surface area contributed by atoms with Gasteiger partial charge in [0.05, 0.1) is 10.9 Å². The third-order valence-electron chi connectivity index (χ3n) is 6.20. The average molecular weight is 518 g/mol. The summed E-state index contributed by atoms with van der Waals surface area (Å²) in [6, 6.07) is 23.0. The van der Waals surface area contributed by atoms with Crippen LogP contribution in [0, 0.1) is 0 Å². The predicted octanol–water partition coefficient (Wildman–Crippen LogP) is 7.21. The summed E-state index contributed by atoms with van der Waals surface area (Å²) in [5.41, 5.74) is 0.197. The SMILES string of the molecule is CCc1ccc(NC(=O)COc2ccc3c(=O)c(-c4cccc5ccccc45)c(C(F)(F)F)oc3c2)cc1. The summed E-state index contributed by atoms with van der Waals surface area (Å²) in [5.74, 6) is -1.75. The second kappa shape index (κ2) is 10.0. The highest BCUT2D eigenvalue weighted by Gasteiger charge is 2.39. The molecule has 5 nitrogen and oxygen atoms in total. The number of hydrogen-bond acceptors (Lipinski definition) is 4. The maximum absolute atomic E-state index is 14.1. The molecule has 0 unspecified atom stereocenters. The van der Waals surface area contributed by atoms with E-state index in [4.69, 9.17) is 9.15 Å². The lowest BCUT2D eigenvalue weighted by Crippen LogP contribution is -2.20. The van der Waals surface area contributed by atoms with Crippen molar-refractivity contribution in [3.8, 4) is 16.9 Å². The molecule has 0 aliphatic carbocycles. The van der Waals surface area contributed by atoms with E-state index in [1.807, 2.05) is 19.1 Å². The number of carbonyl (C=O) groups excluding carboxylic acids is 1. The van der Waals surface area contributed by atoms with E-state index in [-0.39, 0.29) is 28.9 Å². The normalized spacial score (nSPS) is 11.6. The molecule has 0 radical (unpaired) electrons. The van der Waals surface area contributed by atoms with E-state index in [2.05, 4.69) is 5.32 Å². The molecular weight excluding hydrogens is 495 g/mol. The number of aryl methyl sites for hydroxylation is 1. The molecule has 0 saturated carbocycles. The molecule has 4 aromatic carbocycles. The minimum Gasteiger partial charge on any atom is -0.484 e. The Kier molecular flexibility index (Phi) is 6.63. The van der Waals surface area contributed by atoms with Crippen LogP contribution in [-0.2, 0) is 17.4 Å². The number of rotatable bonds is 6. The molecule has 0 atom stereocenters. The first kappa shape index (κ1) is 25.1. The number of alkyl halides is 3. The highest BCUT2D eigenvalue weighted by atomic mass is 19.4. The molecule has 38 heavy (non-hydrogen) atoms. The van der Waals surface area contributed by atoms with Gasteiger partial charge in [-0.05, 0) is 52.6 Å². The Morgan fingerprint density at radius 2 is 1.66 bits per heavy atom. The van der Waals surface area contributed by atoms with Gasteiger partial charge in [-0.2, -0.15) is 13.2 Å². The Morgan fingerprint density at radius 1 is 0.921 bits per heavy atom. The maximum Gasteiger partial charge on any atom is 0.450 e. The summed E-state index contributed by atoms with van der Waals surface area (Å²) in [5, 5.41) is 3.86. The van der Waals surface area contributed by atoms with Crippen molar-refractivity contribution in [1.82, 2.24) is 0 Å². The number of fused-ring (bicyclic) bond motifs is 2. The Morgan fingerprint density at radius 3 is 2.39 bits per heavy atom. The molecule has 0 bridgehead atoms. The van der Waals surface area contributed by atoms with Crippen LogP contribution in [-0.4, -0.2) is 12.5 Å². The van der Waals surface area contributed by atoms with E-state index in [1.54, 1.807) is 48.5 Å². The minimum atomic E-state index is -4.93. The summed E-state index contributed by atoms with van der Waals surface area (Å²) >= 11 is 0. The highest BCUT2D eigenvalue weighted by Crippen LogP contribution is 2.39. The lowest BCUT2D eigenvalue weighted by molar-refractivity contribution is -0.152. The highest BCUT2D eigenvalue weighted by molar-refractivity contribution is 5.98. The summed E-state index contributed by atoms with van der Waals surface area (Å²) < 4.78 is 53.2. The molecule has 0 saturated heterocycles. The molecule has 0 spiro atoms. The maximum atomic E-state index is 14.1. The van der Waals surface area contributed by atoms with E-state index < -0.39 is 28.8 Å². The molecule has 0 fully saturated rings. The largest absolute Gasteiger partial charge is 0.484 e. The number of benzene rings is 4. The van der Waals surface area contributed by atoms with E-state index >= 15 is 0 Å². The molecule has 1 N–H and O–H groups in total. The summed E-state index contributed by atoms with van der Waals surface area (Å²) in [7, 11) is 0. The van der Waals surface area contributed by atoms with Crippen LogP contribution in [0.2, 0.25) is 0 Å². The second-order valence-electron chi connectivity index (χ2n) is 8.71. The van der Waals surface area contributed by atoms with Crippen LogP contribution in [0.25, 0.3) is 32.9 Å². The average Bonchev–Trinajstić information content (AvgIpc) is 2.91. The van der Waals surface area contributed by atoms with Gasteiger partial charge in [-0.3, -0.25) is 9.59 Å². The third kappa shape index (κ3) is 4.98. The lowest BCUT2D eigenvalue weighted by atomic mass is 9.96. The standard InChI is InChI=1S/C30H22F3NO4/c1-2-18-10-12-20(13-11-18)34-26(35)17-37-21-14-15-24-25(16-21)38-29(30(31,32)33)27(28(24)36)23-9-5-7-19-6-3-4-8-22(19)23/h3-16H,2,17H2,1H3,(H,34,35). The zero-order chi connectivity index (χ0) is 26.9. The molecule has 5 aromatic rings. The smallest absolute Gasteiger partial charge is 0.450 e. The molecule has 1 heterocycles. The number of ether oxygens (including phenoxy) is 1. The number of anilines is 1. The van der Waals surface area contributed by atoms with Crippen molar-refractivity contribution in [2.45, 2.75) is 19.5 Å². The van der Waals surface area contributed by atoms with E-state index in [1.165, 1.54) is 24.3 Å². The molecule has 1 aromatic heterocycles. The second-order valence-corrected chi connectivity index (χ2v) is 8.71. The Bertz CT molecular complexity index is 1700.